The minimum absolute atomic E-state index is 0.111. The highest BCUT2D eigenvalue weighted by molar-refractivity contribution is 6.07. The molecule has 1 aliphatic rings. The van der Waals surface area contributed by atoms with Crippen LogP contribution in [-0.2, 0) is 5.41 Å². The van der Waals surface area contributed by atoms with Gasteiger partial charge in [-0.1, -0.05) is 50.2 Å². The maximum atomic E-state index is 5.14. The molecule has 1 aliphatic carbocycles. The molecule has 0 saturated heterocycles. The lowest BCUT2D eigenvalue weighted by atomic mass is 9.82. The van der Waals surface area contributed by atoms with E-state index in [1.807, 2.05) is 57.7 Å². The van der Waals surface area contributed by atoms with Gasteiger partial charge in [-0.25, -0.2) is 29.1 Å². The quantitative estimate of drug-likeness (QED) is 0.204. The van der Waals surface area contributed by atoms with Gasteiger partial charge in [0.2, 0.25) is 11.9 Å². The first-order valence-electron chi connectivity index (χ1n) is 15.5. The zero-order valence-electron chi connectivity index (χ0n) is 25.5. The molecule has 7 aromatic heterocycles. The Labute approximate surface area is 268 Å². The Morgan fingerprint density at radius 2 is 0.936 bits per heavy atom. The van der Waals surface area contributed by atoms with Crippen LogP contribution >= 0.6 is 0 Å². The van der Waals surface area contributed by atoms with Crippen molar-refractivity contribution >= 4 is 44.1 Å². The number of nitrogens with zero attached hydrogens (tertiary/aromatic N) is 9. The topological polar surface area (TPSA) is 100 Å². The first-order chi connectivity index (χ1) is 23.1. The number of benzene rings is 2. The Morgan fingerprint density at radius 1 is 0.468 bits per heavy atom. The first kappa shape index (κ1) is 25.9. The summed E-state index contributed by atoms with van der Waals surface area (Å²) in [6.45, 7) is 4.56. The van der Waals surface area contributed by atoms with E-state index in [1.165, 1.54) is 22.3 Å². The average molecular weight is 608 g/mol. The van der Waals surface area contributed by atoms with Crippen LogP contribution < -0.4 is 0 Å². The summed E-state index contributed by atoms with van der Waals surface area (Å²) in [4.78, 5) is 34.5. The normalized spacial score (nSPS) is 13.5. The molecule has 0 amide bonds. The van der Waals surface area contributed by atoms with Crippen LogP contribution in [0.3, 0.4) is 0 Å². The molecular weight excluding hydrogens is 582 g/mol. The smallest absolute Gasteiger partial charge is 0.242 e. The minimum Gasteiger partial charge on any atom is -0.245 e. The lowest BCUT2D eigenvalue weighted by molar-refractivity contribution is 0.660. The fourth-order valence-electron chi connectivity index (χ4n) is 7.26. The van der Waals surface area contributed by atoms with Crippen LogP contribution in [0.4, 0.5) is 0 Å². The molecule has 0 N–H and O–H groups in total. The molecule has 0 radical (unpaired) electrons. The van der Waals surface area contributed by atoms with E-state index < -0.39 is 0 Å². The number of pyridine rings is 4. The molecule has 9 nitrogen and oxygen atoms in total. The third-order valence-electron chi connectivity index (χ3n) is 9.43. The van der Waals surface area contributed by atoms with Crippen LogP contribution in [0.15, 0.2) is 116 Å². The number of fused-ring (bicyclic) bond motifs is 9. The van der Waals surface area contributed by atoms with Crippen molar-refractivity contribution < 1.29 is 0 Å². The molecule has 9 heteroatoms. The standard InChI is InChI=1S/C38H25N9/c1-38(2)29-14-4-3-9-23(29)28-21-22(15-16-30(28)38)31-43-36(46-32-24(10-5-17-39-32)25-11-6-18-40-33(25)46)45-37(44-31)47-34-26(12-7-19-41-34)27-13-8-20-42-35(27)47/h3-21H,1-2H3. The first-order valence-corrected chi connectivity index (χ1v) is 15.5. The van der Waals surface area contributed by atoms with Crippen molar-refractivity contribution in [1.82, 2.24) is 44.0 Å². The van der Waals surface area contributed by atoms with Gasteiger partial charge in [0.05, 0.1) is 0 Å². The van der Waals surface area contributed by atoms with Crippen molar-refractivity contribution in [3.63, 3.8) is 0 Å². The second-order valence-corrected chi connectivity index (χ2v) is 12.4. The van der Waals surface area contributed by atoms with E-state index in [2.05, 4.69) is 56.3 Å². The van der Waals surface area contributed by atoms with E-state index in [-0.39, 0.29) is 5.41 Å². The fraction of sp³-hybridized carbons (Fsp3) is 0.0789. The van der Waals surface area contributed by atoms with Crippen molar-refractivity contribution in [1.29, 1.82) is 0 Å². The van der Waals surface area contributed by atoms with E-state index in [4.69, 9.17) is 34.9 Å². The Hall–Kier alpha value is -6.35. The molecule has 0 spiro atoms. The predicted octanol–water partition coefficient (Wildman–Crippen LogP) is 7.62. The Bertz CT molecular complexity index is 2500. The van der Waals surface area contributed by atoms with E-state index in [0.29, 0.717) is 40.3 Å². The lowest BCUT2D eigenvalue weighted by Gasteiger charge is -2.21. The fourth-order valence-corrected chi connectivity index (χ4v) is 7.26. The number of aromatic nitrogens is 9. The van der Waals surface area contributed by atoms with Crippen LogP contribution in [0.1, 0.15) is 25.0 Å². The molecule has 47 heavy (non-hydrogen) atoms. The van der Waals surface area contributed by atoms with E-state index in [9.17, 15) is 0 Å². The Balaban J connectivity index is 1.30. The molecular formula is C38H25N9. The zero-order chi connectivity index (χ0) is 31.3. The molecule has 0 bridgehead atoms. The minimum atomic E-state index is -0.111. The third-order valence-corrected chi connectivity index (χ3v) is 9.43. The monoisotopic (exact) mass is 607 g/mol. The molecule has 0 atom stereocenters. The number of hydrogen-bond donors (Lipinski definition) is 0. The second-order valence-electron chi connectivity index (χ2n) is 12.4. The van der Waals surface area contributed by atoms with Crippen molar-refractivity contribution in [2.24, 2.45) is 0 Å². The molecule has 0 saturated carbocycles. The second kappa shape index (κ2) is 9.34. The number of rotatable bonds is 3. The number of hydrogen-bond acceptors (Lipinski definition) is 7. The molecule has 7 heterocycles. The molecule has 0 aliphatic heterocycles. The summed E-state index contributed by atoms with van der Waals surface area (Å²) in [6.07, 6.45) is 7.12. The van der Waals surface area contributed by atoms with Gasteiger partial charge in [0.1, 0.15) is 22.6 Å². The van der Waals surface area contributed by atoms with E-state index in [0.717, 1.165) is 27.1 Å². The maximum absolute atomic E-state index is 5.14. The highest BCUT2D eigenvalue weighted by atomic mass is 15.3. The molecule has 9 aromatic rings. The average Bonchev–Trinajstić information content (AvgIpc) is 3.72. The highest BCUT2D eigenvalue weighted by Gasteiger charge is 2.35. The van der Waals surface area contributed by atoms with Crippen molar-refractivity contribution in [3.8, 4) is 34.4 Å². The van der Waals surface area contributed by atoms with Gasteiger partial charge < -0.3 is 0 Å². The molecule has 0 unspecified atom stereocenters. The Morgan fingerprint density at radius 3 is 1.45 bits per heavy atom. The predicted molar refractivity (Wildman–Crippen MR) is 183 cm³/mol. The summed E-state index contributed by atoms with van der Waals surface area (Å²) in [6, 6.07) is 31.1. The summed E-state index contributed by atoms with van der Waals surface area (Å²) in [7, 11) is 0. The van der Waals surface area contributed by atoms with Crippen molar-refractivity contribution in [2.75, 3.05) is 0 Å². The van der Waals surface area contributed by atoms with Crippen LogP contribution in [0.5, 0.6) is 0 Å². The van der Waals surface area contributed by atoms with Gasteiger partial charge in [-0.2, -0.15) is 15.0 Å². The van der Waals surface area contributed by atoms with E-state index >= 15 is 0 Å². The van der Waals surface area contributed by atoms with Gasteiger partial charge in [-0.05, 0) is 76.9 Å². The van der Waals surface area contributed by atoms with Gasteiger partial charge in [0.25, 0.3) is 0 Å². The summed E-state index contributed by atoms with van der Waals surface area (Å²) < 4.78 is 3.83. The van der Waals surface area contributed by atoms with Gasteiger partial charge in [0, 0.05) is 57.3 Å². The van der Waals surface area contributed by atoms with Crippen LogP contribution in [0.25, 0.3) is 78.5 Å². The summed E-state index contributed by atoms with van der Waals surface area (Å²) in [5.74, 6) is 1.34. The lowest BCUT2D eigenvalue weighted by Crippen LogP contribution is -2.14. The molecule has 0 fully saturated rings. The Kier molecular flexibility index (Phi) is 5.15. The van der Waals surface area contributed by atoms with Gasteiger partial charge in [-0.15, -0.1) is 0 Å². The molecule has 2 aromatic carbocycles. The van der Waals surface area contributed by atoms with Gasteiger partial charge >= 0.3 is 0 Å². The summed E-state index contributed by atoms with van der Waals surface area (Å²) in [5.41, 5.74) is 8.64. The summed E-state index contributed by atoms with van der Waals surface area (Å²) >= 11 is 0. The van der Waals surface area contributed by atoms with Crippen LogP contribution in [-0.4, -0.2) is 44.0 Å². The third kappa shape index (κ3) is 3.56. The summed E-state index contributed by atoms with van der Waals surface area (Å²) in [5, 5.41) is 3.87. The van der Waals surface area contributed by atoms with Gasteiger partial charge in [-0.3, -0.25) is 0 Å². The SMILES string of the molecule is CC1(C)c2ccccc2-c2cc(-c3nc(-n4c5ncccc5c5cccnc54)nc(-n4c5ncccc5c5cccnc54)n3)ccc21. The largest absolute Gasteiger partial charge is 0.245 e. The molecule has 222 valence electrons. The van der Waals surface area contributed by atoms with E-state index in [1.54, 1.807) is 24.8 Å². The highest BCUT2D eigenvalue weighted by Crippen LogP contribution is 2.49. The van der Waals surface area contributed by atoms with Gasteiger partial charge in [0.15, 0.2) is 5.82 Å². The molecule has 10 rings (SSSR count). The zero-order valence-corrected chi connectivity index (χ0v) is 25.5. The van der Waals surface area contributed by atoms with Crippen molar-refractivity contribution in [2.45, 2.75) is 19.3 Å². The van der Waals surface area contributed by atoms with Crippen LogP contribution in [0.2, 0.25) is 0 Å². The van der Waals surface area contributed by atoms with Crippen LogP contribution in [0, 0.1) is 0 Å². The van der Waals surface area contributed by atoms with Crippen molar-refractivity contribution in [3.05, 3.63) is 127 Å². The maximum Gasteiger partial charge on any atom is 0.242 e.